The molecule has 0 spiro atoms. The molecule has 34 heavy (non-hydrogen) atoms. The highest BCUT2D eigenvalue weighted by Gasteiger charge is 2.22. The third-order valence-corrected chi connectivity index (χ3v) is 6.20. The number of imidazole rings is 1. The summed E-state index contributed by atoms with van der Waals surface area (Å²) < 4.78 is 30.6. The molecule has 2 aromatic carbocycles. The minimum atomic E-state index is -3.15. The second-order valence-electron chi connectivity index (χ2n) is 7.70. The first-order chi connectivity index (χ1) is 16.3. The van der Waals surface area contributed by atoms with Gasteiger partial charge in [0.15, 0.2) is 0 Å². The zero-order valence-corrected chi connectivity index (χ0v) is 20.6. The topological polar surface area (TPSA) is 98.6 Å². The van der Waals surface area contributed by atoms with Crippen LogP contribution >= 0.6 is 11.6 Å². The summed E-state index contributed by atoms with van der Waals surface area (Å²) in [5.74, 6) is -0.630. The van der Waals surface area contributed by atoms with Crippen LogP contribution in [0.5, 0.6) is 0 Å². The van der Waals surface area contributed by atoms with Crippen molar-refractivity contribution >= 4 is 34.4 Å². The number of carbonyl (C=O) groups excluding carboxylic acids is 2. The molecule has 0 atom stereocenters. The summed E-state index contributed by atoms with van der Waals surface area (Å²) in [6, 6.07) is 15.7. The second-order valence-corrected chi connectivity index (χ2v) is 9.07. The fraction of sp³-hybridized carbons (Fsp3) is 0.292. The van der Waals surface area contributed by atoms with Crippen LogP contribution in [0, 0.1) is 6.92 Å². The predicted octanol–water partition coefficient (Wildman–Crippen LogP) is 3.74. The first kappa shape index (κ1) is 25.5. The number of aromatic nitrogens is 2. The van der Waals surface area contributed by atoms with Gasteiger partial charge in [-0.05, 0) is 49.4 Å². The van der Waals surface area contributed by atoms with Crippen LogP contribution in [-0.4, -0.2) is 47.3 Å². The standard InChI is InChI=1S/C24H26ClN3O5S/c1-17-26-22(24(30)28(34(31)32)12-6-7-13-33-18(2)29)16-27(17)23-11-10-20(15-21(23)25)14-19-8-4-3-5-9-19/h3-5,8-11,15-16,34H,6-7,12-14H2,1-2H3. The predicted molar refractivity (Wildman–Crippen MR) is 130 cm³/mol. The first-order valence-electron chi connectivity index (χ1n) is 10.7. The molecule has 0 aliphatic heterocycles. The lowest BCUT2D eigenvalue weighted by Gasteiger charge is -2.14. The Morgan fingerprint density at radius 3 is 2.47 bits per heavy atom. The third kappa shape index (κ3) is 6.68. The SMILES string of the molecule is CC(=O)OCCCCN(C(=O)c1cn(-c2ccc(Cc3ccccc3)cc2Cl)c(C)n1)[SH](=O)=O. The summed E-state index contributed by atoms with van der Waals surface area (Å²) in [6.45, 7) is 3.15. The molecule has 0 saturated heterocycles. The average molecular weight is 504 g/mol. The molecule has 1 amide bonds. The maximum Gasteiger partial charge on any atom is 0.302 e. The van der Waals surface area contributed by atoms with Crippen molar-refractivity contribution in [2.24, 2.45) is 0 Å². The van der Waals surface area contributed by atoms with Gasteiger partial charge in [0.2, 0.25) is 10.9 Å². The van der Waals surface area contributed by atoms with E-state index in [1.54, 1.807) is 11.5 Å². The number of hydrogen-bond acceptors (Lipinski definition) is 6. The molecule has 0 N–H and O–H groups in total. The number of carbonyl (C=O) groups is 2. The molecular formula is C24H26ClN3O5S. The van der Waals surface area contributed by atoms with Gasteiger partial charge in [0.1, 0.15) is 11.5 Å². The average Bonchev–Trinajstić information content (AvgIpc) is 3.17. The van der Waals surface area contributed by atoms with Crippen molar-refractivity contribution in [2.45, 2.75) is 33.1 Å². The minimum absolute atomic E-state index is 0.00103. The maximum atomic E-state index is 12.8. The fourth-order valence-electron chi connectivity index (χ4n) is 3.48. The molecule has 3 aromatic rings. The van der Waals surface area contributed by atoms with Crippen molar-refractivity contribution in [1.29, 1.82) is 0 Å². The molecule has 0 aliphatic carbocycles. The molecule has 1 aromatic heterocycles. The van der Waals surface area contributed by atoms with Crippen LogP contribution in [0.15, 0.2) is 54.7 Å². The monoisotopic (exact) mass is 503 g/mol. The Balaban J connectivity index is 1.74. The molecule has 0 unspecified atom stereocenters. The van der Waals surface area contributed by atoms with Crippen LogP contribution in [0.2, 0.25) is 5.02 Å². The largest absolute Gasteiger partial charge is 0.466 e. The van der Waals surface area contributed by atoms with E-state index in [9.17, 15) is 18.0 Å². The number of amides is 1. The van der Waals surface area contributed by atoms with Crippen molar-refractivity contribution in [1.82, 2.24) is 13.9 Å². The molecule has 0 radical (unpaired) electrons. The molecule has 0 bridgehead atoms. The highest BCUT2D eigenvalue weighted by molar-refractivity contribution is 7.70. The number of rotatable bonds is 10. The first-order valence-corrected chi connectivity index (χ1v) is 12.3. The number of hydrogen-bond donors (Lipinski definition) is 1. The van der Waals surface area contributed by atoms with Gasteiger partial charge in [-0.15, -0.1) is 0 Å². The summed E-state index contributed by atoms with van der Waals surface area (Å²) in [5, 5.41) is 0.491. The van der Waals surface area contributed by atoms with Crippen molar-refractivity contribution in [2.75, 3.05) is 13.2 Å². The third-order valence-electron chi connectivity index (χ3n) is 5.13. The molecular weight excluding hydrogens is 478 g/mol. The lowest BCUT2D eigenvalue weighted by molar-refractivity contribution is -0.141. The van der Waals surface area contributed by atoms with Gasteiger partial charge in [-0.2, -0.15) is 0 Å². The second kappa shape index (κ2) is 11.8. The maximum absolute atomic E-state index is 12.8. The van der Waals surface area contributed by atoms with E-state index in [1.165, 1.54) is 13.1 Å². The summed E-state index contributed by atoms with van der Waals surface area (Å²) in [7, 11) is -3.15. The van der Waals surface area contributed by atoms with Crippen LogP contribution in [0.3, 0.4) is 0 Å². The lowest BCUT2D eigenvalue weighted by atomic mass is 10.0. The van der Waals surface area contributed by atoms with E-state index < -0.39 is 22.8 Å². The molecule has 0 saturated carbocycles. The summed E-state index contributed by atoms with van der Waals surface area (Å²) in [6.07, 6.45) is 3.01. The molecule has 0 fully saturated rings. The number of halogens is 1. The Morgan fingerprint density at radius 2 is 1.82 bits per heavy atom. The van der Waals surface area contributed by atoms with Crippen LogP contribution in [-0.2, 0) is 26.8 Å². The van der Waals surface area contributed by atoms with Gasteiger partial charge in [-0.25, -0.2) is 17.7 Å². The van der Waals surface area contributed by atoms with Crippen LogP contribution < -0.4 is 0 Å². The van der Waals surface area contributed by atoms with Gasteiger partial charge in [0.05, 0.1) is 17.3 Å². The Hall–Kier alpha value is -3.17. The smallest absolute Gasteiger partial charge is 0.302 e. The van der Waals surface area contributed by atoms with Crippen LogP contribution in [0.25, 0.3) is 5.69 Å². The molecule has 3 rings (SSSR count). The van der Waals surface area contributed by atoms with E-state index in [0.717, 1.165) is 21.9 Å². The minimum Gasteiger partial charge on any atom is -0.466 e. The molecule has 1 heterocycles. The molecule has 180 valence electrons. The Kier molecular flexibility index (Phi) is 8.84. The van der Waals surface area contributed by atoms with Crippen molar-refractivity contribution < 1.29 is 22.7 Å². The number of aryl methyl sites for hydroxylation is 1. The lowest BCUT2D eigenvalue weighted by Crippen LogP contribution is -2.31. The van der Waals surface area contributed by atoms with Crippen LogP contribution in [0.1, 0.15) is 47.2 Å². The Bertz CT molecular complexity index is 1230. The number of esters is 1. The van der Waals surface area contributed by atoms with Gasteiger partial charge in [-0.3, -0.25) is 9.59 Å². The highest BCUT2D eigenvalue weighted by Crippen LogP contribution is 2.25. The quantitative estimate of drug-likeness (QED) is 0.257. The van der Waals surface area contributed by atoms with E-state index >= 15 is 0 Å². The highest BCUT2D eigenvalue weighted by atomic mass is 35.5. The number of benzene rings is 2. The van der Waals surface area contributed by atoms with Gasteiger partial charge in [-0.1, -0.05) is 48.0 Å². The number of nitrogens with zero attached hydrogens (tertiary/aromatic N) is 3. The van der Waals surface area contributed by atoms with E-state index in [0.29, 0.717) is 29.4 Å². The molecule has 0 aliphatic rings. The summed E-state index contributed by atoms with van der Waals surface area (Å²) in [5.41, 5.74) is 2.85. The zero-order chi connectivity index (χ0) is 24.7. The van der Waals surface area contributed by atoms with Gasteiger partial charge >= 0.3 is 5.97 Å². The Labute approximate surface area is 205 Å². The van der Waals surface area contributed by atoms with E-state index in [2.05, 4.69) is 4.98 Å². The van der Waals surface area contributed by atoms with Crippen molar-refractivity contribution in [3.8, 4) is 5.69 Å². The summed E-state index contributed by atoms with van der Waals surface area (Å²) in [4.78, 5) is 27.9. The van der Waals surface area contributed by atoms with E-state index in [4.69, 9.17) is 16.3 Å². The number of ether oxygens (including phenoxy) is 1. The summed E-state index contributed by atoms with van der Waals surface area (Å²) >= 11 is 6.55. The Morgan fingerprint density at radius 1 is 1.09 bits per heavy atom. The normalized spacial score (nSPS) is 10.9. The number of unbranched alkanes of at least 4 members (excludes halogenated alkanes) is 1. The molecule has 10 heteroatoms. The van der Waals surface area contributed by atoms with Gasteiger partial charge in [0, 0.05) is 19.7 Å². The van der Waals surface area contributed by atoms with Crippen molar-refractivity contribution in [3.63, 3.8) is 0 Å². The van der Waals surface area contributed by atoms with Crippen molar-refractivity contribution in [3.05, 3.63) is 82.4 Å². The van der Waals surface area contributed by atoms with E-state index in [1.807, 2.05) is 48.5 Å². The zero-order valence-electron chi connectivity index (χ0n) is 18.9. The van der Waals surface area contributed by atoms with Gasteiger partial charge in [0.25, 0.3) is 5.91 Å². The number of thiol groups is 1. The molecule has 8 nitrogen and oxygen atoms in total. The van der Waals surface area contributed by atoms with Crippen LogP contribution in [0.4, 0.5) is 0 Å². The fourth-order valence-corrected chi connectivity index (χ4v) is 4.33. The van der Waals surface area contributed by atoms with E-state index in [-0.39, 0.29) is 18.8 Å². The van der Waals surface area contributed by atoms with Gasteiger partial charge < -0.3 is 9.30 Å².